The van der Waals surface area contributed by atoms with Crippen LogP contribution in [0.1, 0.15) is 32.1 Å². The van der Waals surface area contributed by atoms with Crippen molar-refractivity contribution in [3.63, 3.8) is 0 Å². The Morgan fingerprint density at radius 1 is 1.31 bits per heavy atom. The number of carbonyl (C=O) groups excluding carboxylic acids is 2. The average Bonchev–Trinajstić information content (AvgIpc) is 3.25. The van der Waals surface area contributed by atoms with E-state index in [1.165, 1.54) is 0 Å². The maximum atomic E-state index is 12.9. The van der Waals surface area contributed by atoms with E-state index < -0.39 is 0 Å². The molecule has 1 aliphatic carbocycles. The van der Waals surface area contributed by atoms with E-state index in [2.05, 4.69) is 4.90 Å². The molecule has 0 radical (unpaired) electrons. The van der Waals surface area contributed by atoms with E-state index in [4.69, 9.17) is 4.74 Å². The first-order valence-corrected chi connectivity index (χ1v) is 10.3. The summed E-state index contributed by atoms with van der Waals surface area (Å²) in [7, 11) is 3.73. The predicted octanol–water partition coefficient (Wildman–Crippen LogP) is 1.96. The first-order chi connectivity index (χ1) is 12.5. The van der Waals surface area contributed by atoms with Gasteiger partial charge in [0.25, 0.3) is 0 Å². The molecule has 0 N–H and O–H groups in total. The monoisotopic (exact) mass is 377 g/mol. The normalized spacial score (nSPS) is 28.6. The molecule has 2 saturated heterocycles. The summed E-state index contributed by atoms with van der Waals surface area (Å²) in [6, 6.07) is 2.00. The zero-order valence-corrected chi connectivity index (χ0v) is 16.4. The highest BCUT2D eigenvalue weighted by Gasteiger charge is 2.50. The van der Waals surface area contributed by atoms with E-state index >= 15 is 0 Å². The topological polar surface area (TPSA) is 53.1 Å². The molecule has 3 heterocycles. The Morgan fingerprint density at radius 2 is 2.12 bits per heavy atom. The van der Waals surface area contributed by atoms with Crippen LogP contribution in [-0.4, -0.2) is 73.1 Å². The Balaban J connectivity index is 1.47. The van der Waals surface area contributed by atoms with Crippen LogP contribution in [0.15, 0.2) is 16.8 Å². The van der Waals surface area contributed by atoms with Gasteiger partial charge in [-0.25, -0.2) is 0 Å². The van der Waals surface area contributed by atoms with Gasteiger partial charge in [-0.05, 0) is 44.2 Å². The third-order valence-electron chi connectivity index (χ3n) is 6.61. The maximum Gasteiger partial charge on any atom is 0.241 e. The van der Waals surface area contributed by atoms with Crippen LogP contribution in [0.4, 0.5) is 5.69 Å². The van der Waals surface area contributed by atoms with Crippen LogP contribution < -0.4 is 4.90 Å². The maximum absolute atomic E-state index is 12.9. The van der Waals surface area contributed by atoms with Gasteiger partial charge < -0.3 is 14.5 Å². The van der Waals surface area contributed by atoms with E-state index in [-0.39, 0.29) is 23.0 Å². The fourth-order valence-electron chi connectivity index (χ4n) is 4.53. The zero-order valence-electron chi connectivity index (χ0n) is 15.6. The Kier molecular flexibility index (Phi) is 4.57. The fraction of sp³-hybridized carbons (Fsp3) is 0.684. The fourth-order valence-corrected chi connectivity index (χ4v) is 5.17. The minimum absolute atomic E-state index is 0.133. The van der Waals surface area contributed by atoms with E-state index in [9.17, 15) is 9.59 Å². The molecule has 0 bridgehead atoms. The van der Waals surface area contributed by atoms with Gasteiger partial charge >= 0.3 is 0 Å². The average molecular weight is 378 g/mol. The quantitative estimate of drug-likeness (QED) is 0.805. The molecule has 1 unspecified atom stereocenters. The highest BCUT2D eigenvalue weighted by atomic mass is 32.1. The van der Waals surface area contributed by atoms with Gasteiger partial charge in [0.2, 0.25) is 11.8 Å². The Morgan fingerprint density at radius 3 is 2.73 bits per heavy atom. The molecule has 7 heteroatoms. The number of anilines is 1. The summed E-state index contributed by atoms with van der Waals surface area (Å²) in [5.41, 5.74) is 0.597. The van der Waals surface area contributed by atoms with Crippen molar-refractivity contribution in [1.29, 1.82) is 0 Å². The molecule has 1 aromatic heterocycles. The molecule has 1 saturated carbocycles. The zero-order chi connectivity index (χ0) is 18.4. The Bertz CT molecular complexity index is 683. The molecule has 26 heavy (non-hydrogen) atoms. The number of piperazine rings is 1. The molecule has 3 aliphatic rings. The number of likely N-dealkylation sites (tertiary alicyclic amines) is 1. The van der Waals surface area contributed by atoms with Gasteiger partial charge in [0.1, 0.15) is 0 Å². The summed E-state index contributed by atoms with van der Waals surface area (Å²) in [5, 5.41) is 4.02. The number of hydrogen-bond acceptors (Lipinski definition) is 5. The van der Waals surface area contributed by atoms with Crippen molar-refractivity contribution in [3.8, 4) is 0 Å². The minimum atomic E-state index is -0.232. The summed E-state index contributed by atoms with van der Waals surface area (Å²) in [5.74, 6) is 0.324. The Labute approximate surface area is 158 Å². The summed E-state index contributed by atoms with van der Waals surface area (Å²) in [4.78, 5) is 31.4. The first-order valence-electron chi connectivity index (χ1n) is 9.34. The molecule has 4 rings (SSSR count). The van der Waals surface area contributed by atoms with Crippen molar-refractivity contribution in [1.82, 2.24) is 9.80 Å². The molecule has 0 aromatic carbocycles. The van der Waals surface area contributed by atoms with Crippen LogP contribution in [0, 0.1) is 0 Å². The lowest BCUT2D eigenvalue weighted by molar-refractivity contribution is -0.143. The smallest absolute Gasteiger partial charge is 0.241 e. The number of rotatable bonds is 4. The number of carbonyl (C=O) groups is 2. The lowest BCUT2D eigenvalue weighted by Gasteiger charge is -2.46. The van der Waals surface area contributed by atoms with Crippen molar-refractivity contribution >= 4 is 28.8 Å². The third kappa shape index (κ3) is 2.96. The van der Waals surface area contributed by atoms with E-state index in [0.717, 1.165) is 37.9 Å². The second-order valence-electron chi connectivity index (χ2n) is 8.02. The number of ether oxygens (including phenoxy) is 1. The molecule has 3 fully saturated rings. The number of thiophene rings is 1. The summed E-state index contributed by atoms with van der Waals surface area (Å²) >= 11 is 1.60. The van der Waals surface area contributed by atoms with E-state index in [1.807, 2.05) is 33.7 Å². The molecular weight excluding hydrogens is 350 g/mol. The molecule has 1 aromatic rings. The van der Waals surface area contributed by atoms with Crippen LogP contribution in [0.5, 0.6) is 0 Å². The van der Waals surface area contributed by atoms with Gasteiger partial charge in [-0.1, -0.05) is 0 Å². The van der Waals surface area contributed by atoms with Gasteiger partial charge in [0.15, 0.2) is 0 Å². The van der Waals surface area contributed by atoms with Crippen molar-refractivity contribution in [3.05, 3.63) is 16.8 Å². The second kappa shape index (κ2) is 6.62. The summed E-state index contributed by atoms with van der Waals surface area (Å²) in [6.45, 7) is 2.50. The van der Waals surface area contributed by atoms with Crippen LogP contribution in [0.2, 0.25) is 0 Å². The highest BCUT2D eigenvalue weighted by molar-refractivity contribution is 7.08. The number of amides is 2. The number of methoxy groups -OCH3 is 1. The SMILES string of the molecule is COC1(CC(=O)N2CCC3(C2)CN(c2ccsc2)C(=O)CN3C)CCC1. The van der Waals surface area contributed by atoms with Gasteiger partial charge in [0, 0.05) is 32.1 Å². The lowest BCUT2D eigenvalue weighted by atomic mass is 9.77. The largest absolute Gasteiger partial charge is 0.378 e. The van der Waals surface area contributed by atoms with Crippen molar-refractivity contribution in [2.24, 2.45) is 0 Å². The predicted molar refractivity (Wildman–Crippen MR) is 101 cm³/mol. The standard InChI is InChI=1S/C19H27N3O3S/c1-20-11-17(24)22(15-4-9-26-12-15)14-18(20)7-8-21(13-18)16(23)10-19(25-2)5-3-6-19/h4,9,12H,3,5-8,10-11,13-14H2,1-2H3. The van der Waals surface area contributed by atoms with Crippen molar-refractivity contribution in [2.45, 2.75) is 43.2 Å². The van der Waals surface area contributed by atoms with Gasteiger partial charge in [0.05, 0.1) is 29.8 Å². The van der Waals surface area contributed by atoms with Crippen molar-refractivity contribution in [2.75, 3.05) is 45.2 Å². The molecular formula is C19H27N3O3S. The second-order valence-corrected chi connectivity index (χ2v) is 8.80. The molecule has 2 amide bonds. The number of nitrogens with zero attached hydrogens (tertiary/aromatic N) is 3. The molecule has 6 nitrogen and oxygen atoms in total. The van der Waals surface area contributed by atoms with E-state index in [0.29, 0.717) is 26.1 Å². The van der Waals surface area contributed by atoms with Crippen LogP contribution in [-0.2, 0) is 14.3 Å². The van der Waals surface area contributed by atoms with Gasteiger partial charge in [-0.3, -0.25) is 14.5 Å². The summed E-state index contributed by atoms with van der Waals surface area (Å²) in [6.07, 6.45) is 4.49. The first kappa shape index (κ1) is 17.9. The molecule has 2 aliphatic heterocycles. The molecule has 1 atom stereocenters. The van der Waals surface area contributed by atoms with Crippen LogP contribution in [0.3, 0.4) is 0 Å². The Hall–Kier alpha value is -1.44. The van der Waals surface area contributed by atoms with Crippen LogP contribution in [0.25, 0.3) is 0 Å². The molecule has 1 spiro atoms. The van der Waals surface area contributed by atoms with E-state index in [1.54, 1.807) is 18.4 Å². The molecule has 142 valence electrons. The van der Waals surface area contributed by atoms with Gasteiger partial charge in [-0.15, -0.1) is 0 Å². The number of likely N-dealkylation sites (N-methyl/N-ethyl adjacent to an activating group) is 1. The lowest BCUT2D eigenvalue weighted by Crippen LogP contribution is -2.64. The van der Waals surface area contributed by atoms with Crippen molar-refractivity contribution < 1.29 is 14.3 Å². The third-order valence-corrected chi connectivity index (χ3v) is 7.28. The minimum Gasteiger partial charge on any atom is -0.378 e. The highest BCUT2D eigenvalue weighted by Crippen LogP contribution is 2.40. The summed E-state index contributed by atoms with van der Waals surface area (Å²) < 4.78 is 5.63. The number of hydrogen-bond donors (Lipinski definition) is 0. The van der Waals surface area contributed by atoms with Gasteiger partial charge in [-0.2, -0.15) is 11.3 Å². The van der Waals surface area contributed by atoms with Crippen LogP contribution >= 0.6 is 11.3 Å².